The Morgan fingerprint density at radius 2 is 1.48 bits per heavy atom. The molecule has 31 heavy (non-hydrogen) atoms. The van der Waals surface area contributed by atoms with Crippen LogP contribution in [-0.2, 0) is 10.0 Å². The van der Waals surface area contributed by atoms with E-state index in [1.54, 1.807) is 36.4 Å². The number of hydrogen-bond donors (Lipinski definition) is 0. The third-order valence-corrected chi connectivity index (χ3v) is 7.02. The molecule has 4 rings (SSSR count). The van der Waals surface area contributed by atoms with E-state index in [2.05, 4.69) is 10.2 Å². The van der Waals surface area contributed by atoms with Crippen LogP contribution in [0.25, 0.3) is 22.9 Å². The van der Waals surface area contributed by atoms with Gasteiger partial charge in [-0.2, -0.15) is 4.31 Å². The summed E-state index contributed by atoms with van der Waals surface area (Å²) < 4.78 is 49.1. The maximum Gasteiger partial charge on any atom is 0.248 e. The van der Waals surface area contributed by atoms with E-state index in [1.807, 2.05) is 0 Å². The molecule has 0 N–H and O–H groups in total. The normalized spacial score (nSPS) is 14.5. The molecule has 0 bridgehead atoms. The van der Waals surface area contributed by atoms with Gasteiger partial charge < -0.3 is 18.6 Å². The fourth-order valence-electron chi connectivity index (χ4n) is 3.53. The van der Waals surface area contributed by atoms with E-state index in [0.29, 0.717) is 41.5 Å². The maximum atomic E-state index is 12.9. The van der Waals surface area contributed by atoms with Crippen LogP contribution >= 0.6 is 0 Å². The van der Waals surface area contributed by atoms with Crippen molar-refractivity contribution in [1.29, 1.82) is 0 Å². The predicted molar refractivity (Wildman–Crippen MR) is 113 cm³/mol. The molecule has 0 radical (unpaired) electrons. The number of rotatable bonds is 7. The zero-order valence-electron chi connectivity index (χ0n) is 17.5. The molecule has 0 saturated carbocycles. The lowest BCUT2D eigenvalue weighted by Gasteiger charge is -2.15. The van der Waals surface area contributed by atoms with Crippen LogP contribution in [0, 0.1) is 0 Å². The van der Waals surface area contributed by atoms with Crippen LogP contribution < -0.4 is 14.2 Å². The summed E-state index contributed by atoms with van der Waals surface area (Å²) in [5.74, 6) is 1.81. The monoisotopic (exact) mass is 445 g/mol. The van der Waals surface area contributed by atoms with Gasteiger partial charge in [-0.05, 0) is 43.2 Å². The molecule has 2 heterocycles. The standard InChI is InChI=1S/C21H23N3O6S/c1-27-17-12-15(13-18(28-2)19(17)29-3)21-23-22-20(30-21)14-7-6-8-16(11-14)31(25,26)24-9-4-5-10-24/h6-8,11-13H,4-5,9-10H2,1-3H3. The Bertz CT molecular complexity index is 1160. The summed E-state index contributed by atoms with van der Waals surface area (Å²) >= 11 is 0. The number of hydrogen-bond acceptors (Lipinski definition) is 8. The highest BCUT2D eigenvalue weighted by Gasteiger charge is 2.27. The molecule has 1 aliphatic rings. The van der Waals surface area contributed by atoms with Crippen molar-refractivity contribution >= 4 is 10.0 Å². The summed E-state index contributed by atoms with van der Waals surface area (Å²) in [6.07, 6.45) is 1.75. The van der Waals surface area contributed by atoms with Crippen LogP contribution in [0.15, 0.2) is 45.7 Å². The van der Waals surface area contributed by atoms with E-state index in [4.69, 9.17) is 18.6 Å². The molecule has 1 aromatic heterocycles. The van der Waals surface area contributed by atoms with Crippen molar-refractivity contribution in [3.8, 4) is 40.2 Å². The van der Waals surface area contributed by atoms with E-state index >= 15 is 0 Å². The molecule has 1 saturated heterocycles. The molecule has 164 valence electrons. The molecule has 10 heteroatoms. The van der Waals surface area contributed by atoms with Gasteiger partial charge in [0.15, 0.2) is 11.5 Å². The van der Waals surface area contributed by atoms with E-state index < -0.39 is 10.0 Å². The first-order chi connectivity index (χ1) is 15.0. The Labute approximate surface area is 180 Å². The molecular formula is C21H23N3O6S. The van der Waals surface area contributed by atoms with Crippen molar-refractivity contribution in [1.82, 2.24) is 14.5 Å². The molecule has 0 atom stereocenters. The van der Waals surface area contributed by atoms with Crippen LogP contribution in [0.5, 0.6) is 17.2 Å². The second-order valence-electron chi connectivity index (χ2n) is 6.97. The van der Waals surface area contributed by atoms with Gasteiger partial charge >= 0.3 is 0 Å². The Morgan fingerprint density at radius 1 is 0.871 bits per heavy atom. The van der Waals surface area contributed by atoms with Crippen LogP contribution in [0.2, 0.25) is 0 Å². The molecule has 0 unspecified atom stereocenters. The second-order valence-corrected chi connectivity index (χ2v) is 8.90. The molecular weight excluding hydrogens is 422 g/mol. The Kier molecular flexibility index (Phi) is 5.84. The summed E-state index contributed by atoms with van der Waals surface area (Å²) in [6, 6.07) is 9.94. The first kappa shape index (κ1) is 21.1. The van der Waals surface area contributed by atoms with Crippen LogP contribution in [0.3, 0.4) is 0 Å². The lowest BCUT2D eigenvalue weighted by Crippen LogP contribution is -2.27. The molecule has 1 fully saturated rings. The lowest BCUT2D eigenvalue weighted by molar-refractivity contribution is 0.324. The predicted octanol–water partition coefficient (Wildman–Crippen LogP) is 3.21. The molecule has 0 spiro atoms. The molecule has 0 aliphatic carbocycles. The molecule has 1 aliphatic heterocycles. The number of aromatic nitrogens is 2. The van der Waals surface area contributed by atoms with Crippen LogP contribution in [0.1, 0.15) is 12.8 Å². The molecule has 2 aromatic carbocycles. The van der Waals surface area contributed by atoms with Gasteiger partial charge in [-0.25, -0.2) is 8.42 Å². The van der Waals surface area contributed by atoms with Crippen molar-refractivity contribution in [3.05, 3.63) is 36.4 Å². The average molecular weight is 445 g/mol. The number of sulfonamides is 1. The Morgan fingerprint density at radius 3 is 2.06 bits per heavy atom. The van der Waals surface area contributed by atoms with Crippen molar-refractivity contribution in [3.63, 3.8) is 0 Å². The lowest BCUT2D eigenvalue weighted by atomic mass is 10.2. The fraction of sp³-hybridized carbons (Fsp3) is 0.333. The fourth-order valence-corrected chi connectivity index (χ4v) is 5.09. The SMILES string of the molecule is COc1cc(-c2nnc(-c3cccc(S(=O)(=O)N4CCCC4)c3)o2)cc(OC)c1OC. The van der Waals surface area contributed by atoms with E-state index in [1.165, 1.54) is 25.6 Å². The van der Waals surface area contributed by atoms with Crippen molar-refractivity contribution < 1.29 is 27.0 Å². The van der Waals surface area contributed by atoms with E-state index in [-0.39, 0.29) is 16.7 Å². The molecule has 0 amide bonds. The highest BCUT2D eigenvalue weighted by atomic mass is 32.2. The number of nitrogens with zero attached hydrogens (tertiary/aromatic N) is 3. The Balaban J connectivity index is 1.69. The van der Waals surface area contributed by atoms with E-state index in [9.17, 15) is 8.42 Å². The summed E-state index contributed by atoms with van der Waals surface area (Å²) in [5.41, 5.74) is 1.10. The zero-order chi connectivity index (χ0) is 22.0. The first-order valence-corrected chi connectivity index (χ1v) is 11.2. The topological polar surface area (TPSA) is 104 Å². The minimum Gasteiger partial charge on any atom is -0.493 e. The molecule has 9 nitrogen and oxygen atoms in total. The summed E-state index contributed by atoms with van der Waals surface area (Å²) in [7, 11) is 1.02. The van der Waals surface area contributed by atoms with Gasteiger partial charge in [-0.15, -0.1) is 10.2 Å². The van der Waals surface area contributed by atoms with Crippen molar-refractivity contribution in [2.45, 2.75) is 17.7 Å². The summed E-state index contributed by atoms with van der Waals surface area (Å²) in [5, 5.41) is 8.21. The minimum absolute atomic E-state index is 0.208. The van der Waals surface area contributed by atoms with Gasteiger partial charge in [0, 0.05) is 24.2 Å². The third kappa shape index (κ3) is 3.96. The van der Waals surface area contributed by atoms with Gasteiger partial charge in [0.2, 0.25) is 27.6 Å². The maximum absolute atomic E-state index is 12.9. The largest absolute Gasteiger partial charge is 0.493 e. The first-order valence-electron chi connectivity index (χ1n) is 9.72. The summed E-state index contributed by atoms with van der Waals surface area (Å²) in [4.78, 5) is 0.208. The van der Waals surface area contributed by atoms with Gasteiger partial charge in [0.05, 0.1) is 26.2 Å². The van der Waals surface area contributed by atoms with Gasteiger partial charge in [0.1, 0.15) is 0 Å². The van der Waals surface area contributed by atoms with Gasteiger partial charge in [-0.1, -0.05) is 6.07 Å². The number of benzene rings is 2. The molecule has 3 aromatic rings. The van der Waals surface area contributed by atoms with Crippen LogP contribution in [0.4, 0.5) is 0 Å². The second kappa shape index (κ2) is 8.56. The third-order valence-electron chi connectivity index (χ3n) is 5.12. The highest BCUT2D eigenvalue weighted by Crippen LogP contribution is 2.41. The highest BCUT2D eigenvalue weighted by molar-refractivity contribution is 7.89. The minimum atomic E-state index is -3.54. The van der Waals surface area contributed by atoms with Crippen molar-refractivity contribution in [2.24, 2.45) is 0 Å². The number of ether oxygens (including phenoxy) is 3. The average Bonchev–Trinajstić information content (AvgIpc) is 3.51. The van der Waals surface area contributed by atoms with E-state index in [0.717, 1.165) is 12.8 Å². The van der Waals surface area contributed by atoms with Gasteiger partial charge in [-0.3, -0.25) is 0 Å². The van der Waals surface area contributed by atoms with Crippen molar-refractivity contribution in [2.75, 3.05) is 34.4 Å². The quantitative estimate of drug-likeness (QED) is 0.546. The smallest absolute Gasteiger partial charge is 0.248 e. The summed E-state index contributed by atoms with van der Waals surface area (Å²) in [6.45, 7) is 1.08. The number of methoxy groups -OCH3 is 3. The zero-order valence-corrected chi connectivity index (χ0v) is 18.3. The van der Waals surface area contributed by atoms with Crippen LogP contribution in [-0.4, -0.2) is 57.3 Å². The Hall–Kier alpha value is -3.11. The van der Waals surface area contributed by atoms with Gasteiger partial charge in [0.25, 0.3) is 0 Å².